The Morgan fingerprint density at radius 1 is 1.26 bits per heavy atom. The zero-order chi connectivity index (χ0) is 18.2. The minimum atomic E-state index is -6.52. The van der Waals surface area contributed by atoms with Crippen molar-refractivity contribution >= 4 is 41.0 Å². The fourth-order valence-electron chi connectivity index (χ4n) is 1.33. The van der Waals surface area contributed by atoms with Crippen molar-refractivity contribution in [2.45, 2.75) is 17.5 Å². The van der Waals surface area contributed by atoms with Crippen LogP contribution >= 0.6 is 11.6 Å². The maximum Gasteiger partial charge on any atom is 0.432 e. The summed E-state index contributed by atoms with van der Waals surface area (Å²) in [6.07, 6.45) is -10.4. The van der Waals surface area contributed by atoms with Gasteiger partial charge >= 0.3 is 27.5 Å². The molecule has 0 fully saturated rings. The van der Waals surface area contributed by atoms with Crippen LogP contribution in [0.5, 0.6) is 0 Å². The number of carbonyl (C=O) groups excluding carboxylic acids is 1. The lowest BCUT2D eigenvalue weighted by atomic mass is 9.94. The van der Waals surface area contributed by atoms with Crippen molar-refractivity contribution in [3.8, 4) is 0 Å². The van der Waals surface area contributed by atoms with Gasteiger partial charge in [0, 0.05) is 0 Å². The van der Waals surface area contributed by atoms with Crippen LogP contribution in [0.4, 0.5) is 22.0 Å². The fraction of sp³-hybridized carbons (Fsp3) is 0.300. The largest absolute Gasteiger partial charge is 0.441 e. The number of esters is 1. The van der Waals surface area contributed by atoms with Crippen LogP contribution in [0.25, 0.3) is 0 Å². The summed E-state index contributed by atoms with van der Waals surface area (Å²) in [5.41, 5.74) is -0.946. The van der Waals surface area contributed by atoms with Crippen molar-refractivity contribution in [3.05, 3.63) is 28.8 Å². The number of ether oxygens (including phenoxy) is 1. The van der Waals surface area contributed by atoms with E-state index in [1.165, 1.54) is 0 Å². The molecule has 2 radical (unpaired) electrons. The summed E-state index contributed by atoms with van der Waals surface area (Å²) in [7, 11) is -1.25. The first-order valence-corrected chi connectivity index (χ1v) is 7.17. The molecule has 1 rings (SSSR count). The van der Waals surface area contributed by atoms with E-state index < -0.39 is 44.2 Å². The van der Waals surface area contributed by atoms with Crippen LogP contribution < -0.4 is 5.46 Å². The third-order valence-electron chi connectivity index (χ3n) is 2.38. The maximum atomic E-state index is 13.3. The molecule has 0 aliphatic heterocycles. The van der Waals surface area contributed by atoms with Gasteiger partial charge in [-0.1, -0.05) is 29.2 Å². The molecule has 126 valence electrons. The number of alkyl halides is 5. The second kappa shape index (κ2) is 6.25. The monoisotopic (exact) mass is 378 g/mol. The summed E-state index contributed by atoms with van der Waals surface area (Å²) >= 11 is 5.50. The first kappa shape index (κ1) is 19.7. The zero-order valence-electron chi connectivity index (χ0n) is 10.6. The Kier molecular flexibility index (Phi) is 5.34. The number of hydrogen-bond acceptors (Lipinski definition) is 4. The highest BCUT2D eigenvalue weighted by Gasteiger charge is 2.66. The van der Waals surface area contributed by atoms with E-state index in [0.717, 1.165) is 18.2 Å². The van der Waals surface area contributed by atoms with E-state index in [9.17, 15) is 35.2 Å². The second-order valence-electron chi connectivity index (χ2n) is 4.10. The molecule has 0 saturated heterocycles. The normalized spacial score (nSPS) is 14.4. The van der Waals surface area contributed by atoms with Crippen LogP contribution in [0.15, 0.2) is 18.2 Å². The van der Waals surface area contributed by atoms with Crippen LogP contribution in [-0.4, -0.2) is 44.3 Å². The number of halogens is 6. The molecule has 0 aliphatic rings. The van der Waals surface area contributed by atoms with E-state index in [1.54, 1.807) is 0 Å². The average molecular weight is 378 g/mol. The van der Waals surface area contributed by atoms with E-state index in [2.05, 4.69) is 4.74 Å². The minimum absolute atomic E-state index is 0.147. The van der Waals surface area contributed by atoms with Gasteiger partial charge in [0.25, 0.3) is 6.10 Å². The molecule has 0 aliphatic carbocycles. The number of hydrogen-bond donors (Lipinski definition) is 1. The number of benzene rings is 1. The topological polar surface area (TPSA) is 80.7 Å². The van der Waals surface area contributed by atoms with Gasteiger partial charge in [0.2, 0.25) is 0 Å². The van der Waals surface area contributed by atoms with Gasteiger partial charge < -0.3 is 4.74 Å². The predicted molar refractivity (Wildman–Crippen MR) is 68.6 cm³/mol. The van der Waals surface area contributed by atoms with Crippen molar-refractivity contribution in [1.29, 1.82) is 0 Å². The molecule has 1 N–H and O–H groups in total. The van der Waals surface area contributed by atoms with Gasteiger partial charge in [0.1, 0.15) is 7.85 Å². The van der Waals surface area contributed by atoms with Crippen molar-refractivity contribution in [2.24, 2.45) is 0 Å². The lowest BCUT2D eigenvalue weighted by Crippen LogP contribution is -2.52. The van der Waals surface area contributed by atoms with Gasteiger partial charge in [-0.25, -0.2) is 4.79 Å². The quantitative estimate of drug-likeness (QED) is 0.373. The van der Waals surface area contributed by atoms with E-state index in [-0.39, 0.29) is 5.46 Å². The molecular formula is C10H5BClF5O5S. The highest BCUT2D eigenvalue weighted by Crippen LogP contribution is 2.38. The Balaban J connectivity index is 3.28. The molecule has 1 atom stereocenters. The minimum Gasteiger partial charge on any atom is -0.441 e. The van der Waals surface area contributed by atoms with Gasteiger partial charge in [-0.3, -0.25) is 4.55 Å². The molecule has 0 aromatic heterocycles. The van der Waals surface area contributed by atoms with Crippen LogP contribution in [0.3, 0.4) is 0 Å². The van der Waals surface area contributed by atoms with Gasteiger partial charge in [0.05, 0.1) is 10.6 Å². The van der Waals surface area contributed by atoms with Crippen molar-refractivity contribution in [1.82, 2.24) is 0 Å². The van der Waals surface area contributed by atoms with Crippen molar-refractivity contribution in [3.63, 3.8) is 0 Å². The molecule has 5 nitrogen and oxygen atoms in total. The Bertz CT molecular complexity index is 721. The molecule has 13 heteroatoms. The second-order valence-corrected chi connectivity index (χ2v) is 6.00. The van der Waals surface area contributed by atoms with Crippen LogP contribution in [-0.2, 0) is 14.9 Å². The van der Waals surface area contributed by atoms with E-state index in [0.29, 0.717) is 0 Å². The Morgan fingerprint density at radius 3 is 2.22 bits per heavy atom. The highest BCUT2D eigenvalue weighted by atomic mass is 35.5. The predicted octanol–water partition coefficient (Wildman–Crippen LogP) is 1.70. The molecule has 0 spiro atoms. The molecule has 23 heavy (non-hydrogen) atoms. The van der Waals surface area contributed by atoms with Crippen LogP contribution in [0.1, 0.15) is 10.4 Å². The SMILES string of the molecule is [B]c1ccc(Cl)c(C(=O)OC(C(F)(F)F)C(F)(F)S(=O)(=O)O)c1. The molecule has 0 bridgehead atoms. The molecular weight excluding hydrogens is 373 g/mol. The van der Waals surface area contributed by atoms with Crippen LogP contribution in [0, 0.1) is 0 Å². The lowest BCUT2D eigenvalue weighted by molar-refractivity contribution is -0.248. The van der Waals surface area contributed by atoms with E-state index in [4.69, 9.17) is 24.0 Å². The van der Waals surface area contributed by atoms with E-state index >= 15 is 0 Å². The first-order valence-electron chi connectivity index (χ1n) is 5.35. The summed E-state index contributed by atoms with van der Waals surface area (Å²) in [6.45, 7) is 0. The molecule has 1 aromatic carbocycles. The van der Waals surface area contributed by atoms with Gasteiger partial charge in [0.15, 0.2) is 0 Å². The fourth-order valence-corrected chi connectivity index (χ4v) is 1.98. The maximum absolute atomic E-state index is 13.3. The Labute approximate surface area is 132 Å². The van der Waals surface area contributed by atoms with Gasteiger partial charge in [-0.2, -0.15) is 30.4 Å². The van der Waals surface area contributed by atoms with Gasteiger partial charge in [-0.15, -0.1) is 0 Å². The standard InChI is InChI=1S/C10H5BClF5O5S/c11-4-1-2-6(12)5(3-4)7(18)22-8(9(13,14)15)10(16,17)23(19,20)21/h1-3,8H,(H,19,20,21). The molecule has 1 unspecified atom stereocenters. The number of rotatable bonds is 4. The smallest absolute Gasteiger partial charge is 0.432 e. The summed E-state index contributed by atoms with van der Waals surface area (Å²) < 4.78 is 97.0. The molecule has 0 saturated carbocycles. The van der Waals surface area contributed by atoms with Crippen molar-refractivity contribution in [2.75, 3.05) is 0 Å². The zero-order valence-corrected chi connectivity index (χ0v) is 12.2. The average Bonchev–Trinajstić information content (AvgIpc) is 2.35. The molecule has 1 aromatic rings. The van der Waals surface area contributed by atoms with Crippen LogP contribution in [0.2, 0.25) is 5.02 Å². The third-order valence-corrected chi connectivity index (χ3v) is 3.61. The Hall–Kier alpha value is -1.40. The van der Waals surface area contributed by atoms with Crippen molar-refractivity contribution < 1.29 is 44.5 Å². The van der Waals surface area contributed by atoms with E-state index in [1.807, 2.05) is 0 Å². The summed E-state index contributed by atoms with van der Waals surface area (Å²) in [6, 6.07) is 2.88. The molecule has 0 heterocycles. The van der Waals surface area contributed by atoms with Gasteiger partial charge in [-0.05, 0) is 6.07 Å². The summed E-state index contributed by atoms with van der Waals surface area (Å²) in [5.74, 6) is -2.01. The summed E-state index contributed by atoms with van der Waals surface area (Å²) in [4.78, 5) is 11.6. The first-order chi connectivity index (χ1) is 10.2. The Morgan fingerprint density at radius 2 is 1.78 bits per heavy atom. The third kappa shape index (κ3) is 4.33. The number of carbonyl (C=O) groups is 1. The molecule has 0 amide bonds. The summed E-state index contributed by atoms with van der Waals surface area (Å²) in [5, 5.41) is -6.30. The highest BCUT2D eigenvalue weighted by molar-refractivity contribution is 7.86. The lowest BCUT2D eigenvalue weighted by Gasteiger charge is -2.26.